The molecule has 5 nitrogen and oxygen atoms in total. The van der Waals surface area contributed by atoms with Gasteiger partial charge in [-0.1, -0.05) is 18.7 Å². The van der Waals surface area contributed by atoms with E-state index < -0.39 is 12.0 Å². The molecule has 0 heterocycles. The minimum absolute atomic E-state index is 0.0277. The van der Waals surface area contributed by atoms with E-state index in [2.05, 4.69) is 5.32 Å². The number of carbonyl (C=O) groups is 2. The zero-order valence-electron chi connectivity index (χ0n) is 8.86. The maximum absolute atomic E-state index is 11.0. The van der Waals surface area contributed by atoms with Crippen molar-refractivity contribution in [3.8, 4) is 0 Å². The Balaban J connectivity index is 3.32. The van der Waals surface area contributed by atoms with Crippen LogP contribution in [0.25, 0.3) is 0 Å². The van der Waals surface area contributed by atoms with Crippen molar-refractivity contribution in [1.29, 1.82) is 0 Å². The normalized spacial score (nSPS) is 12.1. The number of hydrogen-bond donors (Lipinski definition) is 3. The summed E-state index contributed by atoms with van der Waals surface area (Å²) in [5.41, 5.74) is 5.32. The highest BCUT2D eigenvalue weighted by Gasteiger charge is 2.09. The number of amides is 1. The van der Waals surface area contributed by atoms with Crippen LogP contribution in [0.1, 0.15) is 26.2 Å². The number of carboxylic acids is 1. The summed E-state index contributed by atoms with van der Waals surface area (Å²) < 4.78 is 0. The van der Waals surface area contributed by atoms with E-state index in [0.717, 1.165) is 12.2 Å². The van der Waals surface area contributed by atoms with Crippen LogP contribution in [0.2, 0.25) is 0 Å². The molecule has 1 atom stereocenters. The summed E-state index contributed by atoms with van der Waals surface area (Å²) in [5, 5.41) is 11.2. The monoisotopic (exact) mass is 234 g/mol. The summed E-state index contributed by atoms with van der Waals surface area (Å²) >= 11 is 1.23. The number of hydrogen-bond acceptors (Lipinski definition) is 4. The molecule has 0 saturated carbocycles. The Hall–Kier alpha value is -0.750. The predicted octanol–water partition coefficient (Wildman–Crippen LogP) is 1.03. The Kier molecular flexibility index (Phi) is 8.12. The molecular weight excluding hydrogens is 216 g/mol. The molecule has 0 fully saturated rings. The number of thioether (sulfide) groups is 1. The van der Waals surface area contributed by atoms with E-state index in [0.29, 0.717) is 19.4 Å². The second-order valence-corrected chi connectivity index (χ2v) is 4.32. The van der Waals surface area contributed by atoms with E-state index in [9.17, 15) is 9.59 Å². The molecule has 0 spiro atoms. The fraction of sp³-hybridized carbons (Fsp3) is 0.778. The third-order valence-corrected chi connectivity index (χ3v) is 2.50. The lowest BCUT2D eigenvalue weighted by molar-refractivity contribution is -0.138. The molecule has 0 saturated heterocycles. The first kappa shape index (κ1) is 14.2. The molecular formula is C9H18N2O3S. The summed E-state index contributed by atoms with van der Waals surface area (Å²) in [6.45, 7) is 2.49. The lowest BCUT2D eigenvalue weighted by Gasteiger charge is -2.06. The fourth-order valence-corrected chi connectivity index (χ4v) is 1.45. The molecule has 0 aromatic carbocycles. The molecule has 1 unspecified atom stereocenters. The first-order chi connectivity index (χ1) is 7.07. The van der Waals surface area contributed by atoms with Crippen molar-refractivity contribution in [2.75, 3.05) is 12.3 Å². The van der Waals surface area contributed by atoms with E-state index in [4.69, 9.17) is 10.8 Å². The van der Waals surface area contributed by atoms with Crippen molar-refractivity contribution in [2.24, 2.45) is 5.73 Å². The van der Waals surface area contributed by atoms with E-state index in [1.165, 1.54) is 11.8 Å². The van der Waals surface area contributed by atoms with Crippen molar-refractivity contribution >= 4 is 23.0 Å². The minimum atomic E-state index is -0.972. The Bertz CT molecular complexity index is 212. The maximum Gasteiger partial charge on any atom is 0.320 e. The molecule has 0 aliphatic rings. The lowest BCUT2D eigenvalue weighted by Crippen LogP contribution is -2.30. The van der Waals surface area contributed by atoms with Gasteiger partial charge in [0.15, 0.2) is 0 Å². The highest BCUT2D eigenvalue weighted by atomic mass is 32.2. The lowest BCUT2D eigenvalue weighted by atomic mass is 10.1. The third kappa shape index (κ3) is 8.26. The summed E-state index contributed by atoms with van der Waals surface area (Å²) in [6, 6.07) is -0.786. The number of carbonyl (C=O) groups excluding carboxylic acids is 1. The second kappa shape index (κ2) is 8.55. The largest absolute Gasteiger partial charge is 0.480 e. The van der Waals surface area contributed by atoms with Gasteiger partial charge >= 0.3 is 5.97 Å². The molecule has 0 aromatic heterocycles. The van der Waals surface area contributed by atoms with Crippen molar-refractivity contribution in [3.05, 3.63) is 0 Å². The summed E-state index contributed by atoms with van der Waals surface area (Å²) in [5.74, 6) is -0.212. The van der Waals surface area contributed by atoms with Crippen molar-refractivity contribution < 1.29 is 14.7 Å². The van der Waals surface area contributed by atoms with E-state index in [-0.39, 0.29) is 5.24 Å². The molecule has 0 aromatic rings. The highest BCUT2D eigenvalue weighted by Crippen LogP contribution is 2.01. The number of nitrogens with two attached hydrogens (primary N) is 1. The average Bonchev–Trinajstić information content (AvgIpc) is 2.17. The minimum Gasteiger partial charge on any atom is -0.480 e. The molecule has 4 N–H and O–H groups in total. The van der Waals surface area contributed by atoms with Crippen molar-refractivity contribution in [3.63, 3.8) is 0 Å². The Morgan fingerprint density at radius 1 is 1.47 bits per heavy atom. The fourth-order valence-electron chi connectivity index (χ4n) is 0.985. The van der Waals surface area contributed by atoms with Gasteiger partial charge in [0.05, 0.1) is 0 Å². The van der Waals surface area contributed by atoms with Crippen LogP contribution < -0.4 is 11.1 Å². The van der Waals surface area contributed by atoms with Gasteiger partial charge in [-0.2, -0.15) is 0 Å². The third-order valence-electron chi connectivity index (χ3n) is 1.80. The first-order valence-electron chi connectivity index (χ1n) is 4.97. The molecule has 88 valence electrons. The van der Waals surface area contributed by atoms with Crippen LogP contribution in [0.4, 0.5) is 4.79 Å². The van der Waals surface area contributed by atoms with Gasteiger partial charge in [-0.05, 0) is 25.0 Å². The van der Waals surface area contributed by atoms with Crippen LogP contribution in [-0.4, -0.2) is 34.7 Å². The number of nitrogens with one attached hydrogen (secondary N) is 1. The van der Waals surface area contributed by atoms with Gasteiger partial charge in [-0.15, -0.1) is 0 Å². The van der Waals surface area contributed by atoms with Crippen LogP contribution in [0.15, 0.2) is 0 Å². The highest BCUT2D eigenvalue weighted by molar-refractivity contribution is 8.13. The van der Waals surface area contributed by atoms with Crippen molar-refractivity contribution in [1.82, 2.24) is 5.32 Å². The van der Waals surface area contributed by atoms with E-state index >= 15 is 0 Å². The molecule has 0 radical (unpaired) electrons. The molecule has 0 aliphatic carbocycles. The average molecular weight is 234 g/mol. The zero-order valence-corrected chi connectivity index (χ0v) is 9.68. The summed E-state index contributed by atoms with van der Waals surface area (Å²) in [7, 11) is 0. The zero-order chi connectivity index (χ0) is 11.7. The number of carboxylic acid groups (broad SMARTS) is 1. The topological polar surface area (TPSA) is 92.4 Å². The summed E-state index contributed by atoms with van der Waals surface area (Å²) in [4.78, 5) is 21.3. The SMILES string of the molecule is CCSC(=O)NCCCCC(N)C(=O)O. The smallest absolute Gasteiger partial charge is 0.320 e. The van der Waals surface area contributed by atoms with Crippen LogP contribution in [0, 0.1) is 0 Å². The van der Waals surface area contributed by atoms with Crippen LogP contribution in [0.3, 0.4) is 0 Å². The summed E-state index contributed by atoms with van der Waals surface area (Å²) in [6.07, 6.45) is 1.92. The van der Waals surface area contributed by atoms with Gasteiger partial charge in [0.2, 0.25) is 0 Å². The van der Waals surface area contributed by atoms with Gasteiger partial charge in [-0.3, -0.25) is 9.59 Å². The molecule has 1 amide bonds. The van der Waals surface area contributed by atoms with Gasteiger partial charge in [0.1, 0.15) is 6.04 Å². The first-order valence-corrected chi connectivity index (χ1v) is 5.95. The van der Waals surface area contributed by atoms with E-state index in [1.54, 1.807) is 0 Å². The Morgan fingerprint density at radius 3 is 2.67 bits per heavy atom. The standard InChI is InChI=1S/C9H18N2O3S/c1-2-15-9(14)11-6-4-3-5-7(10)8(12)13/h7H,2-6,10H2,1H3,(H,11,14)(H,12,13). The van der Waals surface area contributed by atoms with Crippen molar-refractivity contribution in [2.45, 2.75) is 32.2 Å². The van der Waals surface area contributed by atoms with Gasteiger partial charge in [0.25, 0.3) is 5.24 Å². The van der Waals surface area contributed by atoms with Gasteiger partial charge in [-0.25, -0.2) is 0 Å². The number of aliphatic carboxylic acids is 1. The van der Waals surface area contributed by atoms with E-state index in [1.807, 2.05) is 6.92 Å². The second-order valence-electron chi connectivity index (χ2n) is 3.09. The van der Waals surface area contributed by atoms with Crippen LogP contribution in [-0.2, 0) is 4.79 Å². The van der Waals surface area contributed by atoms with Crippen LogP contribution >= 0.6 is 11.8 Å². The molecule has 6 heteroatoms. The predicted molar refractivity (Wildman–Crippen MR) is 61.0 cm³/mol. The molecule has 15 heavy (non-hydrogen) atoms. The van der Waals surface area contributed by atoms with Gasteiger partial charge in [0, 0.05) is 6.54 Å². The molecule has 0 aliphatic heterocycles. The quantitative estimate of drug-likeness (QED) is 0.572. The molecule has 0 rings (SSSR count). The molecule has 0 bridgehead atoms. The number of unbranched alkanes of at least 4 members (excludes halogenated alkanes) is 1. The Morgan fingerprint density at radius 2 is 2.13 bits per heavy atom. The maximum atomic E-state index is 11.0. The Labute approximate surface area is 93.8 Å². The van der Waals surface area contributed by atoms with Crippen LogP contribution in [0.5, 0.6) is 0 Å². The van der Waals surface area contributed by atoms with Gasteiger partial charge < -0.3 is 16.2 Å². The number of rotatable bonds is 7.